The van der Waals surface area contributed by atoms with E-state index in [1.165, 1.54) is 23.9 Å². The number of nitrogens with one attached hydrogen (secondary N) is 1. The van der Waals surface area contributed by atoms with Crippen molar-refractivity contribution in [1.82, 2.24) is 14.8 Å². The smallest absolute Gasteiger partial charge is 0.238 e. The molecule has 8 heteroatoms. The number of rotatable bonds is 6. The molecule has 0 bridgehead atoms. The Morgan fingerprint density at radius 2 is 1.84 bits per heavy atom. The zero-order valence-electron chi connectivity index (χ0n) is 17.9. The SMILES string of the molecule is Cc1cc(SCC(=O)N2CCN(CC(=O)Nc3cccc(F)c3)CC2)nc2ccccc12. The third-order valence-electron chi connectivity index (χ3n) is 5.44. The minimum Gasteiger partial charge on any atom is -0.339 e. The van der Waals surface area contributed by atoms with Crippen molar-refractivity contribution in [3.8, 4) is 0 Å². The number of pyridine rings is 1. The maximum absolute atomic E-state index is 13.2. The molecule has 32 heavy (non-hydrogen) atoms. The van der Waals surface area contributed by atoms with Crippen molar-refractivity contribution in [2.45, 2.75) is 11.9 Å². The van der Waals surface area contributed by atoms with Crippen LogP contribution < -0.4 is 5.32 Å². The zero-order chi connectivity index (χ0) is 22.5. The van der Waals surface area contributed by atoms with Crippen molar-refractivity contribution in [1.29, 1.82) is 0 Å². The van der Waals surface area contributed by atoms with Gasteiger partial charge in [-0.2, -0.15) is 0 Å². The highest BCUT2D eigenvalue weighted by atomic mass is 32.2. The van der Waals surface area contributed by atoms with Gasteiger partial charge in [-0.1, -0.05) is 36.0 Å². The van der Waals surface area contributed by atoms with Crippen LogP contribution in [0.4, 0.5) is 10.1 Å². The van der Waals surface area contributed by atoms with Crippen LogP contribution in [-0.2, 0) is 9.59 Å². The summed E-state index contributed by atoms with van der Waals surface area (Å²) in [7, 11) is 0. The summed E-state index contributed by atoms with van der Waals surface area (Å²) in [5.74, 6) is -0.165. The van der Waals surface area contributed by atoms with Gasteiger partial charge in [0.2, 0.25) is 11.8 Å². The van der Waals surface area contributed by atoms with Gasteiger partial charge >= 0.3 is 0 Å². The number of hydrogen-bond acceptors (Lipinski definition) is 5. The average Bonchev–Trinajstić information content (AvgIpc) is 2.78. The van der Waals surface area contributed by atoms with E-state index in [4.69, 9.17) is 0 Å². The molecule has 166 valence electrons. The molecule has 1 saturated heterocycles. The van der Waals surface area contributed by atoms with E-state index in [2.05, 4.69) is 23.3 Å². The van der Waals surface area contributed by atoms with Crippen LogP contribution in [0.15, 0.2) is 59.6 Å². The van der Waals surface area contributed by atoms with Crippen molar-refractivity contribution in [3.63, 3.8) is 0 Å². The number of para-hydroxylation sites is 1. The number of nitrogens with zero attached hydrogens (tertiary/aromatic N) is 3. The number of halogens is 1. The molecule has 0 atom stereocenters. The van der Waals surface area contributed by atoms with Gasteiger partial charge in [0.25, 0.3) is 0 Å². The van der Waals surface area contributed by atoms with Gasteiger partial charge in [-0.15, -0.1) is 0 Å². The number of fused-ring (bicyclic) bond motifs is 1. The molecule has 3 aromatic rings. The highest BCUT2D eigenvalue weighted by molar-refractivity contribution is 7.99. The Hall–Kier alpha value is -2.97. The number of thioether (sulfide) groups is 1. The van der Waals surface area contributed by atoms with E-state index in [9.17, 15) is 14.0 Å². The molecule has 1 aliphatic rings. The Morgan fingerprint density at radius 1 is 1.06 bits per heavy atom. The summed E-state index contributed by atoms with van der Waals surface area (Å²) in [6.07, 6.45) is 0. The van der Waals surface area contributed by atoms with Crippen LogP contribution in [0.25, 0.3) is 10.9 Å². The molecule has 0 spiro atoms. The number of aromatic nitrogens is 1. The number of benzene rings is 2. The van der Waals surface area contributed by atoms with E-state index in [0.29, 0.717) is 37.6 Å². The minimum absolute atomic E-state index is 0.0754. The highest BCUT2D eigenvalue weighted by Gasteiger charge is 2.22. The van der Waals surface area contributed by atoms with Gasteiger partial charge in [-0.25, -0.2) is 9.37 Å². The fourth-order valence-electron chi connectivity index (χ4n) is 3.74. The number of piperazine rings is 1. The van der Waals surface area contributed by atoms with Gasteiger partial charge in [0.15, 0.2) is 0 Å². The van der Waals surface area contributed by atoms with E-state index >= 15 is 0 Å². The average molecular weight is 453 g/mol. The molecule has 1 N–H and O–H groups in total. The first kappa shape index (κ1) is 22.2. The predicted molar refractivity (Wildman–Crippen MR) is 125 cm³/mol. The van der Waals surface area contributed by atoms with Crippen molar-refractivity contribution < 1.29 is 14.0 Å². The molecule has 6 nitrogen and oxygen atoms in total. The van der Waals surface area contributed by atoms with Crippen molar-refractivity contribution in [3.05, 3.63) is 66.0 Å². The van der Waals surface area contributed by atoms with Crippen LogP contribution in [0.5, 0.6) is 0 Å². The first-order valence-corrected chi connectivity index (χ1v) is 11.5. The van der Waals surface area contributed by atoms with Gasteiger partial charge in [-0.05, 0) is 42.8 Å². The molecule has 0 saturated carbocycles. The second kappa shape index (κ2) is 10.1. The molecule has 2 amide bonds. The number of anilines is 1. The topological polar surface area (TPSA) is 65.5 Å². The predicted octanol–water partition coefficient (Wildman–Crippen LogP) is 3.56. The Bertz CT molecular complexity index is 1130. The molecule has 2 heterocycles. The molecule has 4 rings (SSSR count). The molecular weight excluding hydrogens is 427 g/mol. The Labute approximate surface area is 190 Å². The molecule has 1 fully saturated rings. The summed E-state index contributed by atoms with van der Waals surface area (Å²) in [5.41, 5.74) is 2.53. The fraction of sp³-hybridized carbons (Fsp3) is 0.292. The summed E-state index contributed by atoms with van der Waals surface area (Å²) < 4.78 is 13.2. The van der Waals surface area contributed by atoms with E-state index in [1.807, 2.05) is 34.1 Å². The van der Waals surface area contributed by atoms with Crippen LogP contribution in [-0.4, -0.2) is 65.1 Å². The number of aryl methyl sites for hydroxylation is 1. The lowest BCUT2D eigenvalue weighted by Gasteiger charge is -2.34. The summed E-state index contributed by atoms with van der Waals surface area (Å²) in [6.45, 7) is 4.68. The van der Waals surface area contributed by atoms with Crippen LogP contribution in [0.2, 0.25) is 0 Å². The fourth-order valence-corrected chi connectivity index (χ4v) is 4.62. The first-order valence-electron chi connectivity index (χ1n) is 10.5. The van der Waals surface area contributed by atoms with Crippen LogP contribution >= 0.6 is 11.8 Å². The van der Waals surface area contributed by atoms with E-state index < -0.39 is 0 Å². The molecule has 0 unspecified atom stereocenters. The summed E-state index contributed by atoms with van der Waals surface area (Å²) in [5, 5.41) is 4.68. The summed E-state index contributed by atoms with van der Waals surface area (Å²) in [4.78, 5) is 33.4. The van der Waals surface area contributed by atoms with Crippen molar-refractivity contribution >= 4 is 40.2 Å². The Kier molecular flexibility index (Phi) is 7.02. The highest BCUT2D eigenvalue weighted by Crippen LogP contribution is 2.24. The van der Waals surface area contributed by atoms with E-state index in [-0.39, 0.29) is 24.2 Å². The summed E-state index contributed by atoms with van der Waals surface area (Å²) in [6, 6.07) is 15.9. The zero-order valence-corrected chi connectivity index (χ0v) is 18.7. The molecule has 1 aromatic heterocycles. The Balaban J connectivity index is 1.23. The first-order chi connectivity index (χ1) is 15.5. The lowest BCUT2D eigenvalue weighted by molar-refractivity contribution is -0.130. The lowest BCUT2D eigenvalue weighted by atomic mass is 10.1. The second-order valence-corrected chi connectivity index (χ2v) is 8.79. The number of carbonyl (C=O) groups excluding carboxylic acids is 2. The van der Waals surface area contributed by atoms with Crippen molar-refractivity contribution in [2.24, 2.45) is 0 Å². The third-order valence-corrected chi connectivity index (χ3v) is 6.34. The van der Waals surface area contributed by atoms with Gasteiger partial charge in [0.1, 0.15) is 5.82 Å². The number of carbonyl (C=O) groups is 2. The van der Waals surface area contributed by atoms with Crippen LogP contribution in [0.1, 0.15) is 5.56 Å². The maximum atomic E-state index is 13.2. The number of amides is 2. The Morgan fingerprint density at radius 3 is 2.62 bits per heavy atom. The molecule has 1 aliphatic heterocycles. The molecule has 2 aromatic carbocycles. The van der Waals surface area contributed by atoms with Crippen molar-refractivity contribution in [2.75, 3.05) is 43.8 Å². The van der Waals surface area contributed by atoms with Crippen LogP contribution in [0, 0.1) is 12.7 Å². The lowest BCUT2D eigenvalue weighted by Crippen LogP contribution is -2.50. The van der Waals surface area contributed by atoms with E-state index in [0.717, 1.165) is 21.5 Å². The standard InChI is InChI=1S/C24H25FN4O2S/c1-17-13-23(27-21-8-3-2-7-20(17)21)32-16-24(31)29-11-9-28(10-12-29)15-22(30)26-19-6-4-5-18(25)14-19/h2-8,13-14H,9-12,15-16H2,1H3,(H,26,30). The summed E-state index contributed by atoms with van der Waals surface area (Å²) >= 11 is 1.45. The largest absolute Gasteiger partial charge is 0.339 e. The monoisotopic (exact) mass is 452 g/mol. The van der Waals surface area contributed by atoms with Gasteiger partial charge in [0, 0.05) is 37.3 Å². The quantitative estimate of drug-likeness (QED) is 0.580. The molecule has 0 aliphatic carbocycles. The minimum atomic E-state index is -0.387. The maximum Gasteiger partial charge on any atom is 0.238 e. The normalized spacial score (nSPS) is 14.5. The molecule has 0 radical (unpaired) electrons. The third kappa shape index (κ3) is 5.63. The second-order valence-electron chi connectivity index (χ2n) is 7.80. The van der Waals surface area contributed by atoms with Gasteiger partial charge in [0.05, 0.1) is 22.8 Å². The van der Waals surface area contributed by atoms with E-state index in [1.54, 1.807) is 12.1 Å². The van der Waals surface area contributed by atoms with Gasteiger partial charge < -0.3 is 10.2 Å². The van der Waals surface area contributed by atoms with Gasteiger partial charge in [-0.3, -0.25) is 14.5 Å². The van der Waals surface area contributed by atoms with Crippen LogP contribution in [0.3, 0.4) is 0 Å². The molecular formula is C24H25FN4O2S. The number of hydrogen-bond donors (Lipinski definition) is 1.